The number of hydrogen-bond acceptors (Lipinski definition) is 6. The van der Waals surface area contributed by atoms with Crippen LogP contribution in [-0.2, 0) is 11.3 Å². The number of carbonyl (C=O) groups excluding carboxylic acids is 2. The fraction of sp³-hybridized carbons (Fsp3) is 0.750. The summed E-state index contributed by atoms with van der Waals surface area (Å²) >= 11 is 0. The lowest BCUT2D eigenvalue weighted by Crippen LogP contribution is -2.50. The molecule has 1 saturated carbocycles. The number of hydrogen-bond donors (Lipinski definition) is 1. The summed E-state index contributed by atoms with van der Waals surface area (Å²) < 4.78 is 5.07. The fourth-order valence-electron chi connectivity index (χ4n) is 4.02. The maximum atomic E-state index is 13.0. The van der Waals surface area contributed by atoms with Gasteiger partial charge in [0.2, 0.25) is 11.8 Å². The first-order valence-corrected chi connectivity index (χ1v) is 8.70. The lowest BCUT2D eigenvalue weighted by molar-refractivity contribution is -0.146. The highest BCUT2D eigenvalue weighted by molar-refractivity contribution is 5.88. The Balaban J connectivity index is 1.40. The van der Waals surface area contributed by atoms with Crippen LogP contribution in [0.2, 0.25) is 0 Å². The molecule has 8 nitrogen and oxygen atoms in total. The summed E-state index contributed by atoms with van der Waals surface area (Å²) in [7, 11) is 0. The number of carbonyl (C=O) groups is 2. The van der Waals surface area contributed by atoms with Crippen LogP contribution in [0.15, 0.2) is 4.52 Å². The predicted octanol–water partition coefficient (Wildman–Crippen LogP) is 0.393. The Morgan fingerprint density at radius 3 is 2.88 bits per heavy atom. The molecule has 1 aromatic heterocycles. The molecule has 1 aromatic rings. The van der Waals surface area contributed by atoms with E-state index in [-0.39, 0.29) is 11.2 Å². The minimum atomic E-state index is -0.693. The molecule has 24 heavy (non-hydrogen) atoms. The molecule has 130 valence electrons. The number of rotatable bonds is 5. The zero-order valence-electron chi connectivity index (χ0n) is 13.7. The number of nitrogens with two attached hydrogens (primary N) is 1. The quantitative estimate of drug-likeness (QED) is 0.836. The highest BCUT2D eigenvalue weighted by atomic mass is 16.5. The number of nitrogens with zero attached hydrogens (tertiary/aromatic N) is 4. The molecule has 3 heterocycles. The van der Waals surface area contributed by atoms with Gasteiger partial charge in [-0.3, -0.25) is 14.5 Å². The van der Waals surface area contributed by atoms with Crippen molar-refractivity contribution in [2.45, 2.75) is 38.6 Å². The van der Waals surface area contributed by atoms with Crippen LogP contribution >= 0.6 is 0 Å². The molecule has 0 unspecified atom stereocenters. The average molecular weight is 333 g/mol. The molecule has 1 atom stereocenters. The number of aromatic nitrogens is 2. The summed E-state index contributed by atoms with van der Waals surface area (Å²) in [6.45, 7) is 3.85. The van der Waals surface area contributed by atoms with E-state index in [0.717, 1.165) is 51.4 Å². The third-order valence-electron chi connectivity index (χ3n) is 5.48. The van der Waals surface area contributed by atoms with Crippen molar-refractivity contribution >= 4 is 11.8 Å². The Bertz CT molecular complexity index is 656. The van der Waals surface area contributed by atoms with Crippen LogP contribution in [-0.4, -0.2) is 57.9 Å². The van der Waals surface area contributed by atoms with Crippen molar-refractivity contribution < 1.29 is 14.1 Å². The number of piperidine rings is 1. The fourth-order valence-corrected chi connectivity index (χ4v) is 4.02. The molecule has 0 radical (unpaired) electrons. The van der Waals surface area contributed by atoms with Crippen molar-refractivity contribution in [3.8, 4) is 0 Å². The van der Waals surface area contributed by atoms with Gasteiger partial charge in [0.25, 0.3) is 11.7 Å². The van der Waals surface area contributed by atoms with Gasteiger partial charge < -0.3 is 15.2 Å². The molecule has 2 aliphatic heterocycles. The third kappa shape index (κ3) is 2.90. The van der Waals surface area contributed by atoms with E-state index in [0.29, 0.717) is 18.3 Å². The average Bonchev–Trinajstić information content (AvgIpc) is 3.08. The minimum absolute atomic E-state index is 0.0942. The zero-order valence-corrected chi connectivity index (χ0v) is 13.7. The van der Waals surface area contributed by atoms with Gasteiger partial charge >= 0.3 is 0 Å². The van der Waals surface area contributed by atoms with E-state index in [1.165, 1.54) is 12.8 Å². The van der Waals surface area contributed by atoms with E-state index in [1.807, 2.05) is 0 Å². The van der Waals surface area contributed by atoms with E-state index < -0.39 is 5.91 Å². The molecule has 2 saturated heterocycles. The number of amides is 2. The van der Waals surface area contributed by atoms with Gasteiger partial charge in [-0.2, -0.15) is 4.98 Å². The van der Waals surface area contributed by atoms with Crippen LogP contribution in [0.5, 0.6) is 0 Å². The summed E-state index contributed by atoms with van der Waals surface area (Å²) in [4.78, 5) is 32.3. The Morgan fingerprint density at radius 1 is 1.33 bits per heavy atom. The normalized spacial score (nSPS) is 28.0. The van der Waals surface area contributed by atoms with Crippen LogP contribution in [0, 0.1) is 11.3 Å². The van der Waals surface area contributed by atoms with Gasteiger partial charge in [-0.1, -0.05) is 5.16 Å². The Labute approximate surface area is 140 Å². The maximum absolute atomic E-state index is 13.0. The van der Waals surface area contributed by atoms with Crippen molar-refractivity contribution in [1.82, 2.24) is 19.9 Å². The molecule has 3 aliphatic rings. The first-order chi connectivity index (χ1) is 11.6. The van der Waals surface area contributed by atoms with Gasteiger partial charge in [-0.15, -0.1) is 0 Å². The molecule has 0 bridgehead atoms. The Morgan fingerprint density at radius 2 is 2.17 bits per heavy atom. The highest BCUT2D eigenvalue weighted by Crippen LogP contribution is 2.42. The Hall–Kier alpha value is -1.96. The van der Waals surface area contributed by atoms with Crippen molar-refractivity contribution in [3.05, 3.63) is 11.7 Å². The third-order valence-corrected chi connectivity index (χ3v) is 5.48. The number of likely N-dealkylation sites (tertiary alicyclic amines) is 2. The molecule has 1 spiro atoms. The summed E-state index contributed by atoms with van der Waals surface area (Å²) in [5.74, 6) is 0.641. The van der Waals surface area contributed by atoms with Gasteiger partial charge in [0.05, 0.1) is 12.0 Å². The summed E-state index contributed by atoms with van der Waals surface area (Å²) in [6.07, 6.45) is 5.45. The summed E-state index contributed by atoms with van der Waals surface area (Å²) in [5.41, 5.74) is 4.89. The standard InChI is InChI=1S/C16H23N5O3/c17-13(22)14-18-12(24-19-14)9-20-7-5-16(10-20)4-1-6-21(15(16)23)8-11-2-3-11/h11H,1-10H2,(H2,17,22)/t16-/m0/s1. The zero-order chi connectivity index (χ0) is 16.7. The second kappa shape index (κ2) is 5.84. The largest absolute Gasteiger partial charge is 0.363 e. The molecule has 3 fully saturated rings. The second-order valence-electron chi connectivity index (χ2n) is 7.42. The Kier molecular flexibility index (Phi) is 3.79. The van der Waals surface area contributed by atoms with Gasteiger partial charge in [-0.25, -0.2) is 0 Å². The van der Waals surface area contributed by atoms with Gasteiger partial charge in [0, 0.05) is 19.6 Å². The first kappa shape index (κ1) is 15.6. The van der Waals surface area contributed by atoms with E-state index in [9.17, 15) is 9.59 Å². The topological polar surface area (TPSA) is 106 Å². The number of primary amides is 1. The lowest BCUT2D eigenvalue weighted by atomic mass is 9.78. The van der Waals surface area contributed by atoms with Gasteiger partial charge in [0.1, 0.15) is 0 Å². The predicted molar refractivity (Wildman–Crippen MR) is 83.7 cm³/mol. The first-order valence-electron chi connectivity index (χ1n) is 8.70. The summed E-state index contributed by atoms with van der Waals surface area (Å²) in [6, 6.07) is 0. The van der Waals surface area contributed by atoms with E-state index in [4.69, 9.17) is 10.3 Å². The molecule has 0 aromatic carbocycles. The maximum Gasteiger partial charge on any atom is 0.290 e. The second-order valence-corrected chi connectivity index (χ2v) is 7.42. The lowest BCUT2D eigenvalue weighted by Gasteiger charge is -2.39. The molecule has 2 N–H and O–H groups in total. The van der Waals surface area contributed by atoms with Crippen LogP contribution in [0.25, 0.3) is 0 Å². The van der Waals surface area contributed by atoms with Gasteiger partial charge in [0.15, 0.2) is 0 Å². The van der Waals surface area contributed by atoms with Crippen molar-refractivity contribution in [1.29, 1.82) is 0 Å². The van der Waals surface area contributed by atoms with Crippen LogP contribution in [0.3, 0.4) is 0 Å². The van der Waals surface area contributed by atoms with E-state index in [2.05, 4.69) is 19.9 Å². The molecular formula is C16H23N5O3. The molecular weight excluding hydrogens is 310 g/mol. The van der Waals surface area contributed by atoms with Crippen molar-refractivity contribution in [3.63, 3.8) is 0 Å². The van der Waals surface area contributed by atoms with Crippen molar-refractivity contribution in [2.24, 2.45) is 17.1 Å². The summed E-state index contributed by atoms with van der Waals surface area (Å²) in [5, 5.41) is 3.57. The highest BCUT2D eigenvalue weighted by Gasteiger charge is 2.49. The molecule has 8 heteroatoms. The van der Waals surface area contributed by atoms with E-state index >= 15 is 0 Å². The smallest absolute Gasteiger partial charge is 0.290 e. The van der Waals surface area contributed by atoms with Crippen LogP contribution < -0.4 is 5.73 Å². The van der Waals surface area contributed by atoms with E-state index in [1.54, 1.807) is 0 Å². The molecule has 2 amide bonds. The van der Waals surface area contributed by atoms with Crippen LogP contribution in [0.4, 0.5) is 0 Å². The van der Waals surface area contributed by atoms with Crippen LogP contribution in [0.1, 0.15) is 48.6 Å². The minimum Gasteiger partial charge on any atom is -0.363 e. The SMILES string of the molecule is NC(=O)c1noc(CN2CC[C@@]3(CCCN(CC4CC4)C3=O)C2)n1. The molecule has 1 aliphatic carbocycles. The molecule has 4 rings (SSSR count). The monoisotopic (exact) mass is 333 g/mol. The van der Waals surface area contributed by atoms with Crippen molar-refractivity contribution in [2.75, 3.05) is 26.2 Å². The van der Waals surface area contributed by atoms with Gasteiger partial charge in [-0.05, 0) is 44.6 Å².